The summed E-state index contributed by atoms with van der Waals surface area (Å²) in [6.07, 6.45) is 2.04. The molecule has 0 aliphatic rings. The molecule has 1 atom stereocenters. The van der Waals surface area contributed by atoms with Gasteiger partial charge in [0.15, 0.2) is 5.82 Å². The maximum atomic E-state index is 5.57. The van der Waals surface area contributed by atoms with Gasteiger partial charge >= 0.3 is 0 Å². The van der Waals surface area contributed by atoms with E-state index in [9.17, 15) is 0 Å². The summed E-state index contributed by atoms with van der Waals surface area (Å²) in [5.41, 5.74) is 3.40. The summed E-state index contributed by atoms with van der Waals surface area (Å²) in [5, 5.41) is 3.36. The van der Waals surface area contributed by atoms with Gasteiger partial charge in [-0.3, -0.25) is 0 Å². The van der Waals surface area contributed by atoms with Gasteiger partial charge in [0.1, 0.15) is 6.10 Å². The van der Waals surface area contributed by atoms with Gasteiger partial charge < -0.3 is 14.8 Å². The monoisotopic (exact) mass is 295 g/mol. The van der Waals surface area contributed by atoms with Gasteiger partial charge in [-0.05, 0) is 52.6 Å². The maximum Gasteiger partial charge on any atom is 0.157 e. The molecule has 120 valence electrons. The van der Waals surface area contributed by atoms with Crippen LogP contribution in [0.1, 0.15) is 49.1 Å². The van der Waals surface area contributed by atoms with Crippen LogP contribution in [0.3, 0.4) is 0 Å². The molecule has 1 aromatic rings. The first-order valence-electron chi connectivity index (χ1n) is 7.75. The average molecular weight is 295 g/mol. The molecule has 0 radical (unpaired) electrons. The number of ether oxygens (including phenoxy) is 2. The zero-order chi connectivity index (χ0) is 15.7. The van der Waals surface area contributed by atoms with Crippen molar-refractivity contribution in [3.8, 4) is 0 Å². The van der Waals surface area contributed by atoms with Crippen LogP contribution in [0.4, 0.5) is 0 Å². The molecular weight excluding hydrogens is 266 g/mol. The van der Waals surface area contributed by atoms with Crippen LogP contribution in [0.15, 0.2) is 0 Å². The van der Waals surface area contributed by atoms with Gasteiger partial charge in [-0.15, -0.1) is 0 Å². The SMILES string of the molecule is CCOC(C)c1nc(C)c(CCCNCCOC)c(C)n1. The average Bonchev–Trinajstić information content (AvgIpc) is 2.45. The van der Waals surface area contributed by atoms with Crippen molar-refractivity contribution in [2.45, 2.75) is 46.6 Å². The summed E-state index contributed by atoms with van der Waals surface area (Å²) in [6, 6.07) is 0. The number of hydrogen-bond acceptors (Lipinski definition) is 5. The Balaban J connectivity index is 2.55. The Labute approximate surface area is 128 Å². The summed E-state index contributed by atoms with van der Waals surface area (Å²) in [7, 11) is 1.72. The van der Waals surface area contributed by atoms with Crippen LogP contribution in [0.5, 0.6) is 0 Å². The summed E-state index contributed by atoms with van der Waals surface area (Å²) in [4.78, 5) is 9.21. The first kappa shape index (κ1) is 18.0. The highest BCUT2D eigenvalue weighted by atomic mass is 16.5. The number of rotatable bonds is 10. The maximum absolute atomic E-state index is 5.57. The lowest BCUT2D eigenvalue weighted by atomic mass is 10.1. The van der Waals surface area contributed by atoms with E-state index < -0.39 is 0 Å². The molecule has 0 saturated carbocycles. The first-order valence-corrected chi connectivity index (χ1v) is 7.75. The van der Waals surface area contributed by atoms with Crippen molar-refractivity contribution in [1.82, 2.24) is 15.3 Å². The summed E-state index contributed by atoms with van der Waals surface area (Å²) >= 11 is 0. The molecule has 0 spiro atoms. The smallest absolute Gasteiger partial charge is 0.157 e. The predicted octanol–water partition coefficient (Wildman–Crippen LogP) is 2.36. The van der Waals surface area contributed by atoms with Crippen molar-refractivity contribution in [2.75, 3.05) is 33.4 Å². The lowest BCUT2D eigenvalue weighted by molar-refractivity contribution is 0.0697. The fourth-order valence-electron chi connectivity index (χ4n) is 2.32. The molecule has 1 heterocycles. The zero-order valence-corrected chi connectivity index (χ0v) is 14.0. The van der Waals surface area contributed by atoms with Gasteiger partial charge in [-0.1, -0.05) is 0 Å². The molecule has 5 nitrogen and oxygen atoms in total. The quantitative estimate of drug-likeness (QED) is 0.672. The topological polar surface area (TPSA) is 56.3 Å². The van der Waals surface area contributed by atoms with E-state index in [-0.39, 0.29) is 6.10 Å². The lowest BCUT2D eigenvalue weighted by Gasteiger charge is -2.15. The van der Waals surface area contributed by atoms with E-state index in [0.717, 1.165) is 49.8 Å². The van der Waals surface area contributed by atoms with E-state index in [4.69, 9.17) is 9.47 Å². The number of nitrogens with one attached hydrogen (secondary N) is 1. The Hall–Kier alpha value is -1.04. The van der Waals surface area contributed by atoms with Crippen LogP contribution in [0, 0.1) is 13.8 Å². The van der Waals surface area contributed by atoms with Crippen molar-refractivity contribution in [3.63, 3.8) is 0 Å². The minimum absolute atomic E-state index is 0.0443. The molecule has 0 fully saturated rings. The minimum atomic E-state index is -0.0443. The van der Waals surface area contributed by atoms with Crippen LogP contribution in [0.2, 0.25) is 0 Å². The molecule has 1 N–H and O–H groups in total. The molecule has 0 amide bonds. The molecule has 1 aromatic heterocycles. The Kier molecular flexibility index (Phi) is 8.42. The summed E-state index contributed by atoms with van der Waals surface area (Å²) in [5.74, 6) is 0.786. The lowest BCUT2D eigenvalue weighted by Crippen LogP contribution is -2.21. The number of hydrogen-bond donors (Lipinski definition) is 1. The largest absolute Gasteiger partial charge is 0.383 e. The molecule has 21 heavy (non-hydrogen) atoms. The molecule has 1 unspecified atom stereocenters. The van der Waals surface area contributed by atoms with Gasteiger partial charge in [0.25, 0.3) is 0 Å². The van der Waals surface area contributed by atoms with Gasteiger partial charge in [0, 0.05) is 31.6 Å². The Morgan fingerprint density at radius 2 is 1.81 bits per heavy atom. The normalized spacial score (nSPS) is 12.6. The van der Waals surface area contributed by atoms with Crippen molar-refractivity contribution < 1.29 is 9.47 Å². The molecule has 5 heteroatoms. The number of aromatic nitrogens is 2. The highest BCUT2D eigenvalue weighted by Crippen LogP contribution is 2.18. The molecule has 1 rings (SSSR count). The third-order valence-electron chi connectivity index (χ3n) is 3.48. The van der Waals surface area contributed by atoms with E-state index in [1.165, 1.54) is 5.56 Å². The van der Waals surface area contributed by atoms with Gasteiger partial charge in [-0.2, -0.15) is 0 Å². The standard InChI is InChI=1S/C16H29N3O2/c1-6-21-14(4)16-18-12(2)15(13(3)19-16)8-7-9-17-10-11-20-5/h14,17H,6-11H2,1-5H3. The second-order valence-corrected chi connectivity index (χ2v) is 5.18. The van der Waals surface area contributed by atoms with Gasteiger partial charge in [-0.25, -0.2) is 9.97 Å². The van der Waals surface area contributed by atoms with E-state index in [2.05, 4.69) is 29.1 Å². The van der Waals surface area contributed by atoms with Crippen molar-refractivity contribution in [1.29, 1.82) is 0 Å². The second kappa shape index (κ2) is 9.82. The van der Waals surface area contributed by atoms with Crippen LogP contribution >= 0.6 is 0 Å². The predicted molar refractivity (Wildman–Crippen MR) is 84.6 cm³/mol. The highest BCUT2D eigenvalue weighted by Gasteiger charge is 2.13. The molecule has 0 bridgehead atoms. The Morgan fingerprint density at radius 3 is 2.38 bits per heavy atom. The third kappa shape index (κ3) is 6.08. The molecule has 0 saturated heterocycles. The van der Waals surface area contributed by atoms with E-state index in [0.29, 0.717) is 6.61 Å². The zero-order valence-electron chi connectivity index (χ0n) is 14.0. The van der Waals surface area contributed by atoms with Crippen LogP contribution in [0.25, 0.3) is 0 Å². The van der Waals surface area contributed by atoms with E-state index >= 15 is 0 Å². The van der Waals surface area contributed by atoms with Crippen molar-refractivity contribution >= 4 is 0 Å². The second-order valence-electron chi connectivity index (χ2n) is 5.18. The molecule has 0 aliphatic carbocycles. The molecular formula is C16H29N3O2. The summed E-state index contributed by atoms with van der Waals surface area (Å²) in [6.45, 7) is 11.4. The third-order valence-corrected chi connectivity index (χ3v) is 3.48. The summed E-state index contributed by atoms with van der Waals surface area (Å²) < 4.78 is 10.6. The van der Waals surface area contributed by atoms with Crippen LogP contribution < -0.4 is 5.32 Å². The fraction of sp³-hybridized carbons (Fsp3) is 0.750. The van der Waals surface area contributed by atoms with E-state index in [1.54, 1.807) is 7.11 Å². The Morgan fingerprint density at radius 1 is 1.14 bits per heavy atom. The first-order chi connectivity index (χ1) is 10.1. The van der Waals surface area contributed by atoms with Gasteiger partial charge in [0.2, 0.25) is 0 Å². The minimum Gasteiger partial charge on any atom is -0.383 e. The van der Waals surface area contributed by atoms with Crippen molar-refractivity contribution in [3.05, 3.63) is 22.8 Å². The fourth-order valence-corrected chi connectivity index (χ4v) is 2.32. The number of methoxy groups -OCH3 is 1. The number of aryl methyl sites for hydroxylation is 2. The number of nitrogens with zero attached hydrogens (tertiary/aromatic N) is 2. The van der Waals surface area contributed by atoms with Crippen molar-refractivity contribution in [2.24, 2.45) is 0 Å². The van der Waals surface area contributed by atoms with E-state index in [1.807, 2.05) is 13.8 Å². The van der Waals surface area contributed by atoms with Gasteiger partial charge in [0.05, 0.1) is 6.61 Å². The molecule has 0 aromatic carbocycles. The molecule has 0 aliphatic heterocycles. The van der Waals surface area contributed by atoms with Crippen LogP contribution in [-0.4, -0.2) is 43.4 Å². The highest BCUT2D eigenvalue weighted by molar-refractivity contribution is 5.24. The Bertz CT molecular complexity index is 401. The van der Waals surface area contributed by atoms with Crippen LogP contribution in [-0.2, 0) is 15.9 Å².